The van der Waals surface area contributed by atoms with Crippen LogP contribution in [0.25, 0.3) is 0 Å². The molecule has 0 saturated carbocycles. The van der Waals surface area contributed by atoms with Crippen molar-refractivity contribution < 1.29 is 24.0 Å². The van der Waals surface area contributed by atoms with Crippen LogP contribution < -0.4 is 5.43 Å². The largest absolute Gasteiger partial charge is 0.545 e. The summed E-state index contributed by atoms with van der Waals surface area (Å²) in [6, 6.07) is 0. The zero-order chi connectivity index (χ0) is 18.5. The van der Waals surface area contributed by atoms with Crippen LogP contribution in [0.5, 0.6) is 0 Å². The number of hydrogen-bond acceptors (Lipinski definition) is 5. The van der Waals surface area contributed by atoms with Crippen molar-refractivity contribution in [1.82, 2.24) is 10.3 Å². The number of hydrogen-bond donors (Lipinski definition) is 3. The highest BCUT2D eigenvalue weighted by Gasteiger charge is 2.56. The van der Waals surface area contributed by atoms with Crippen molar-refractivity contribution >= 4 is 18.0 Å². The molecule has 2 rings (SSSR count). The van der Waals surface area contributed by atoms with Crippen LogP contribution >= 0.6 is 0 Å². The third-order valence-corrected chi connectivity index (χ3v) is 4.34. The zero-order valence-electron chi connectivity index (χ0n) is 15.2. The minimum absolute atomic E-state index is 0.0265. The molecule has 8 nitrogen and oxygen atoms in total. The van der Waals surface area contributed by atoms with Crippen molar-refractivity contribution in [2.45, 2.75) is 47.1 Å². The van der Waals surface area contributed by atoms with E-state index in [-0.39, 0.29) is 18.9 Å². The molecule has 0 fully saturated rings. The average molecular weight is 339 g/mol. The molecule has 0 aromatic heterocycles. The van der Waals surface area contributed by atoms with Crippen LogP contribution in [0.2, 0.25) is 0 Å². The summed E-state index contributed by atoms with van der Waals surface area (Å²) in [4.78, 5) is 25.7. The Bertz CT molecular complexity index is 632. The molecule has 8 heteroatoms. The molecule has 0 radical (unpaired) electrons. The number of carbonyl (C=O) groups excluding carboxylic acids is 1. The summed E-state index contributed by atoms with van der Waals surface area (Å²) in [7, 11) is 0. The molecule has 2 heterocycles. The lowest BCUT2D eigenvalue weighted by Gasteiger charge is -2.38. The zero-order valence-corrected chi connectivity index (χ0v) is 15.2. The van der Waals surface area contributed by atoms with Crippen LogP contribution in [0, 0.1) is 10.8 Å². The minimum atomic E-state index is -1.13. The second-order valence-electron chi connectivity index (χ2n) is 7.94. The topological polar surface area (TPSA) is 103 Å². The van der Waals surface area contributed by atoms with Gasteiger partial charge in [0.25, 0.3) is 5.84 Å². The van der Waals surface area contributed by atoms with Crippen LogP contribution in [0.3, 0.4) is 0 Å². The quantitative estimate of drug-likeness (QED) is 0.637. The predicted molar refractivity (Wildman–Crippen MR) is 88.3 cm³/mol. The third kappa shape index (κ3) is 2.86. The Morgan fingerprint density at radius 1 is 1.42 bits per heavy atom. The van der Waals surface area contributed by atoms with Gasteiger partial charge < -0.3 is 14.7 Å². The van der Waals surface area contributed by atoms with Crippen LogP contribution in [0.15, 0.2) is 11.3 Å². The molecule has 0 saturated heterocycles. The Balaban J connectivity index is 2.35. The number of likely N-dealkylation sites (N-methyl/N-ethyl adjacent to an activating group) is 1. The number of ether oxygens (including phenoxy) is 1. The monoisotopic (exact) mass is 339 g/mol. The Labute approximate surface area is 142 Å². The molecule has 2 aliphatic rings. The predicted octanol–water partition coefficient (Wildman–Crippen LogP) is 2.53. The van der Waals surface area contributed by atoms with Gasteiger partial charge in [-0.25, -0.2) is 15.6 Å². The fourth-order valence-electron chi connectivity index (χ4n) is 3.15. The molecule has 24 heavy (non-hydrogen) atoms. The van der Waals surface area contributed by atoms with Crippen LogP contribution in [0.4, 0.5) is 9.59 Å². The van der Waals surface area contributed by atoms with Crippen LogP contribution in [0.1, 0.15) is 41.5 Å². The van der Waals surface area contributed by atoms with Gasteiger partial charge in [0, 0.05) is 12.0 Å². The van der Waals surface area contributed by atoms with Gasteiger partial charge in [-0.1, -0.05) is 18.4 Å². The first-order chi connectivity index (χ1) is 10.8. The van der Waals surface area contributed by atoms with E-state index in [4.69, 9.17) is 10.1 Å². The molecule has 134 valence electrons. The van der Waals surface area contributed by atoms with Gasteiger partial charge in [-0.15, -0.1) is 0 Å². The molecule has 2 aliphatic heterocycles. The standard InChI is InChI=1S/C16H26N4O4/c1-7-20(14(22)23)12(17)10-8-19(13(21)24-15(2,3)4)9-16(5,6)11(10)18-20/h7-9H2,1-6H3,(H2-,17,18,22,23)/p+1. The molecule has 0 bridgehead atoms. The average Bonchev–Trinajstić information content (AvgIpc) is 2.71. The van der Waals surface area contributed by atoms with E-state index < -0.39 is 27.8 Å². The van der Waals surface area contributed by atoms with Gasteiger partial charge in [0.2, 0.25) is 0 Å². The molecular formula is C16H27N4O4+. The first-order valence-corrected chi connectivity index (χ1v) is 8.05. The molecule has 1 unspecified atom stereocenters. The number of amidine groups is 1. The van der Waals surface area contributed by atoms with Gasteiger partial charge >= 0.3 is 12.2 Å². The number of carboxylic acid groups (broad SMARTS) is 1. The summed E-state index contributed by atoms with van der Waals surface area (Å²) >= 11 is 0. The van der Waals surface area contributed by atoms with Crippen molar-refractivity contribution in [3.8, 4) is 0 Å². The molecule has 0 spiro atoms. The SMILES string of the molecule is CC[N+]1(C(=O)O)NC2=C(CN(C(=O)OC(C)(C)C)CC2(C)C)C1=N. The summed E-state index contributed by atoms with van der Waals surface area (Å²) in [6.45, 7) is 11.7. The number of rotatable bonds is 1. The van der Waals surface area contributed by atoms with Crippen molar-refractivity contribution in [1.29, 1.82) is 5.41 Å². The normalized spacial score (nSPS) is 26.1. The maximum atomic E-state index is 12.4. The highest BCUT2D eigenvalue weighted by atomic mass is 16.6. The lowest BCUT2D eigenvalue weighted by atomic mass is 9.83. The van der Waals surface area contributed by atoms with E-state index >= 15 is 0 Å². The fourth-order valence-corrected chi connectivity index (χ4v) is 3.15. The summed E-state index contributed by atoms with van der Waals surface area (Å²) in [5.74, 6) is -0.0265. The first kappa shape index (κ1) is 18.3. The van der Waals surface area contributed by atoms with Gasteiger partial charge in [0.15, 0.2) is 0 Å². The second kappa shape index (κ2) is 5.47. The van der Waals surface area contributed by atoms with Gasteiger partial charge in [-0.3, -0.25) is 0 Å². The van der Waals surface area contributed by atoms with E-state index in [0.717, 1.165) is 5.70 Å². The molecular weight excluding hydrogens is 312 g/mol. The second-order valence-corrected chi connectivity index (χ2v) is 7.94. The van der Waals surface area contributed by atoms with E-state index in [9.17, 15) is 14.7 Å². The lowest BCUT2D eigenvalue weighted by Crippen LogP contribution is -2.61. The Hall–Kier alpha value is -2.09. The summed E-state index contributed by atoms with van der Waals surface area (Å²) in [5, 5.41) is 18.0. The Morgan fingerprint density at radius 3 is 2.46 bits per heavy atom. The molecule has 0 aromatic rings. The first-order valence-electron chi connectivity index (χ1n) is 8.05. The van der Waals surface area contributed by atoms with Gasteiger partial charge in [0.05, 0.1) is 17.8 Å². The van der Waals surface area contributed by atoms with Gasteiger partial charge in [-0.2, -0.15) is 4.79 Å². The molecule has 1 atom stereocenters. The van der Waals surface area contributed by atoms with Gasteiger partial charge in [0.1, 0.15) is 12.1 Å². The van der Waals surface area contributed by atoms with Gasteiger partial charge in [-0.05, 0) is 27.7 Å². The lowest BCUT2D eigenvalue weighted by molar-refractivity contribution is -0.804. The van der Waals surface area contributed by atoms with Crippen molar-refractivity contribution in [2.75, 3.05) is 19.6 Å². The minimum Gasteiger partial charge on any atom is -0.444 e. The summed E-state index contributed by atoms with van der Waals surface area (Å²) in [6.07, 6.45) is -1.58. The van der Waals surface area contributed by atoms with E-state index in [1.807, 2.05) is 13.8 Å². The van der Waals surface area contributed by atoms with E-state index in [1.54, 1.807) is 27.7 Å². The highest BCUT2D eigenvalue weighted by molar-refractivity contribution is 5.99. The van der Waals surface area contributed by atoms with E-state index in [0.29, 0.717) is 12.1 Å². The third-order valence-electron chi connectivity index (χ3n) is 4.34. The van der Waals surface area contributed by atoms with Crippen molar-refractivity contribution in [3.05, 3.63) is 11.3 Å². The molecule has 0 aliphatic carbocycles. The summed E-state index contributed by atoms with van der Waals surface area (Å²) in [5.41, 5.74) is 3.19. The maximum absolute atomic E-state index is 12.4. The molecule has 3 N–H and O–H groups in total. The van der Waals surface area contributed by atoms with E-state index in [1.165, 1.54) is 4.90 Å². The number of carbonyl (C=O) groups is 2. The number of nitrogens with zero attached hydrogens (tertiary/aromatic N) is 2. The van der Waals surface area contributed by atoms with E-state index in [2.05, 4.69) is 5.43 Å². The Morgan fingerprint density at radius 2 is 2.00 bits per heavy atom. The molecule has 2 amide bonds. The van der Waals surface area contributed by atoms with Crippen molar-refractivity contribution in [3.63, 3.8) is 0 Å². The van der Waals surface area contributed by atoms with Crippen LogP contribution in [-0.2, 0) is 4.74 Å². The number of amides is 2. The fraction of sp³-hybridized carbons (Fsp3) is 0.688. The smallest absolute Gasteiger partial charge is 0.444 e. The highest BCUT2D eigenvalue weighted by Crippen LogP contribution is 2.39. The summed E-state index contributed by atoms with van der Waals surface area (Å²) < 4.78 is 4.79. The molecule has 0 aromatic carbocycles. The number of nitrogens with one attached hydrogen (secondary N) is 2. The number of quaternary nitrogens is 1. The maximum Gasteiger partial charge on any atom is 0.545 e. The van der Waals surface area contributed by atoms with Crippen molar-refractivity contribution in [2.24, 2.45) is 5.41 Å². The van der Waals surface area contributed by atoms with Crippen LogP contribution in [-0.4, -0.2) is 57.9 Å². The Kier molecular flexibility index (Phi) is 4.16.